The van der Waals surface area contributed by atoms with E-state index < -0.39 is 0 Å². The number of aliphatic imine (C=N–C) groups is 1. The lowest BCUT2D eigenvalue weighted by Gasteiger charge is -1.96. The van der Waals surface area contributed by atoms with Crippen LogP contribution in [0.25, 0.3) is 0 Å². The van der Waals surface area contributed by atoms with Gasteiger partial charge in [-0.3, -0.25) is 4.99 Å². The average molecular weight is 167 g/mol. The van der Waals surface area contributed by atoms with Gasteiger partial charge >= 0.3 is 0 Å². The van der Waals surface area contributed by atoms with Crippen LogP contribution in [0.15, 0.2) is 28.9 Å². The Kier molecular flexibility index (Phi) is 9.43. The minimum atomic E-state index is 0.971. The molecule has 0 saturated heterocycles. The van der Waals surface area contributed by atoms with E-state index in [2.05, 4.69) is 25.4 Å². The molecule has 0 aromatic heterocycles. The van der Waals surface area contributed by atoms with Crippen molar-refractivity contribution in [1.29, 1.82) is 0 Å². The molecule has 1 nitrogen and oxygen atoms in total. The van der Waals surface area contributed by atoms with E-state index in [9.17, 15) is 0 Å². The van der Waals surface area contributed by atoms with E-state index in [0.717, 1.165) is 11.4 Å². The molecule has 0 aliphatic carbocycles. The molecule has 0 amide bonds. The van der Waals surface area contributed by atoms with Gasteiger partial charge in [-0.1, -0.05) is 26.0 Å². The molecular weight excluding hydrogens is 146 g/mol. The van der Waals surface area contributed by atoms with Crippen LogP contribution < -0.4 is 0 Å². The summed E-state index contributed by atoms with van der Waals surface area (Å²) in [5, 5.41) is 0. The first-order valence-corrected chi connectivity index (χ1v) is 4.39. The molecule has 0 aromatic rings. The van der Waals surface area contributed by atoms with Crippen LogP contribution in [0.2, 0.25) is 0 Å². The van der Waals surface area contributed by atoms with Crippen molar-refractivity contribution in [3.63, 3.8) is 0 Å². The smallest absolute Gasteiger partial charge is 0.0369 e. The van der Waals surface area contributed by atoms with Gasteiger partial charge in [-0.25, -0.2) is 0 Å². The van der Waals surface area contributed by atoms with Gasteiger partial charge < -0.3 is 0 Å². The number of nitrogens with zero attached hydrogens (tertiary/aromatic N) is 1. The quantitative estimate of drug-likeness (QED) is 0.552. The second-order valence-corrected chi connectivity index (χ2v) is 2.54. The van der Waals surface area contributed by atoms with E-state index in [0.29, 0.717) is 0 Å². The Bertz CT molecular complexity index is 181. The lowest BCUT2D eigenvalue weighted by atomic mass is 10.3. The number of hydrogen-bond acceptors (Lipinski definition) is 1. The van der Waals surface area contributed by atoms with Gasteiger partial charge in [0.15, 0.2) is 0 Å². The standard InChI is InChI=1S/C9H15N.C2H6/c1-6-8(4)10-9(5)7(2)3;1-2/h6H,1H2,2-5H3;1-2H3. The van der Waals surface area contributed by atoms with Crippen molar-refractivity contribution >= 4 is 5.71 Å². The Balaban J connectivity index is 0. The zero-order valence-electron chi connectivity index (χ0n) is 9.23. The van der Waals surface area contributed by atoms with Crippen molar-refractivity contribution in [2.75, 3.05) is 0 Å². The monoisotopic (exact) mass is 167 g/mol. The van der Waals surface area contributed by atoms with E-state index in [1.54, 1.807) is 6.08 Å². The van der Waals surface area contributed by atoms with Gasteiger partial charge in [0.1, 0.15) is 0 Å². The van der Waals surface area contributed by atoms with Gasteiger partial charge in [-0.05, 0) is 33.8 Å². The van der Waals surface area contributed by atoms with Crippen LogP contribution in [0.3, 0.4) is 0 Å². The molecule has 0 heterocycles. The summed E-state index contributed by atoms with van der Waals surface area (Å²) in [6.07, 6.45) is 1.76. The normalized spacial score (nSPS) is 9.67. The molecule has 0 radical (unpaired) electrons. The molecule has 0 fully saturated rings. The molecule has 0 atom stereocenters. The maximum Gasteiger partial charge on any atom is 0.0369 e. The first kappa shape index (κ1) is 13.7. The third-order valence-corrected chi connectivity index (χ3v) is 1.36. The molecule has 0 aromatic carbocycles. The molecule has 70 valence electrons. The first-order chi connectivity index (χ1) is 5.57. The summed E-state index contributed by atoms with van der Waals surface area (Å²) in [4.78, 5) is 4.27. The van der Waals surface area contributed by atoms with Gasteiger partial charge in [0.05, 0.1) is 0 Å². The second-order valence-electron chi connectivity index (χ2n) is 2.54. The fraction of sp³-hybridized carbons (Fsp3) is 0.545. The zero-order valence-corrected chi connectivity index (χ0v) is 9.23. The Morgan fingerprint density at radius 1 is 1.08 bits per heavy atom. The number of rotatable bonds is 2. The molecule has 0 rings (SSSR count). The van der Waals surface area contributed by atoms with Crippen LogP contribution in [0.1, 0.15) is 41.5 Å². The van der Waals surface area contributed by atoms with Crippen LogP contribution in [0, 0.1) is 0 Å². The van der Waals surface area contributed by atoms with E-state index in [-0.39, 0.29) is 0 Å². The van der Waals surface area contributed by atoms with Crippen molar-refractivity contribution < 1.29 is 0 Å². The third-order valence-electron chi connectivity index (χ3n) is 1.36. The molecule has 0 aliphatic heterocycles. The average Bonchev–Trinajstić information content (AvgIpc) is 2.07. The molecule has 0 spiro atoms. The highest BCUT2D eigenvalue weighted by Crippen LogP contribution is 2.03. The minimum absolute atomic E-state index is 0.971. The first-order valence-electron chi connectivity index (χ1n) is 4.39. The van der Waals surface area contributed by atoms with Gasteiger partial charge in [-0.15, -0.1) is 0 Å². The number of hydrogen-bond donors (Lipinski definition) is 0. The summed E-state index contributed by atoms with van der Waals surface area (Å²) in [5.41, 5.74) is 3.30. The maximum atomic E-state index is 4.27. The lowest BCUT2D eigenvalue weighted by Crippen LogP contribution is -1.84. The van der Waals surface area contributed by atoms with Gasteiger partial charge in [0.2, 0.25) is 0 Å². The Morgan fingerprint density at radius 2 is 1.50 bits per heavy atom. The molecule has 1 heteroatoms. The van der Waals surface area contributed by atoms with E-state index in [4.69, 9.17) is 0 Å². The second kappa shape index (κ2) is 8.25. The predicted octanol–water partition coefficient (Wildman–Crippen LogP) is 3.97. The highest BCUT2D eigenvalue weighted by atomic mass is 14.7. The zero-order chi connectivity index (χ0) is 10.1. The fourth-order valence-electron chi connectivity index (χ4n) is 0.422. The van der Waals surface area contributed by atoms with Crippen molar-refractivity contribution in [2.45, 2.75) is 41.5 Å². The Labute approximate surface area is 76.9 Å². The number of allylic oxidation sites excluding steroid dienone is 3. The summed E-state index contributed by atoms with van der Waals surface area (Å²) >= 11 is 0. The van der Waals surface area contributed by atoms with Crippen LogP contribution >= 0.6 is 0 Å². The molecule has 12 heavy (non-hydrogen) atoms. The van der Waals surface area contributed by atoms with Crippen LogP contribution in [-0.2, 0) is 0 Å². The minimum Gasteiger partial charge on any atom is -0.259 e. The third kappa shape index (κ3) is 7.26. The summed E-state index contributed by atoms with van der Waals surface area (Å²) in [6.45, 7) is 15.7. The summed E-state index contributed by atoms with van der Waals surface area (Å²) in [7, 11) is 0. The lowest BCUT2D eigenvalue weighted by molar-refractivity contribution is 1.19. The summed E-state index contributed by atoms with van der Waals surface area (Å²) < 4.78 is 0. The Morgan fingerprint density at radius 3 is 1.75 bits per heavy atom. The SMILES string of the molecule is C=CC(C)=NC(C)=C(C)C.CC. The van der Waals surface area contributed by atoms with Gasteiger partial charge in [-0.2, -0.15) is 0 Å². The highest BCUT2D eigenvalue weighted by Gasteiger charge is 1.87. The molecule has 0 saturated carbocycles. The Hall–Kier alpha value is -0.850. The van der Waals surface area contributed by atoms with Crippen LogP contribution in [0.4, 0.5) is 0 Å². The van der Waals surface area contributed by atoms with Crippen molar-refractivity contribution in [1.82, 2.24) is 0 Å². The van der Waals surface area contributed by atoms with Crippen molar-refractivity contribution in [3.05, 3.63) is 23.9 Å². The van der Waals surface area contributed by atoms with Crippen LogP contribution in [-0.4, -0.2) is 5.71 Å². The largest absolute Gasteiger partial charge is 0.259 e. The fourth-order valence-corrected chi connectivity index (χ4v) is 0.422. The molecule has 0 aliphatic rings. The van der Waals surface area contributed by atoms with Gasteiger partial charge in [0, 0.05) is 11.4 Å². The van der Waals surface area contributed by atoms with Crippen molar-refractivity contribution in [3.8, 4) is 0 Å². The maximum absolute atomic E-state index is 4.27. The topological polar surface area (TPSA) is 12.4 Å². The van der Waals surface area contributed by atoms with Crippen LogP contribution in [0.5, 0.6) is 0 Å². The van der Waals surface area contributed by atoms with Crippen molar-refractivity contribution in [2.24, 2.45) is 4.99 Å². The summed E-state index contributed by atoms with van der Waals surface area (Å²) in [6, 6.07) is 0. The van der Waals surface area contributed by atoms with Gasteiger partial charge in [0.25, 0.3) is 0 Å². The molecule has 0 bridgehead atoms. The van der Waals surface area contributed by atoms with E-state index in [1.807, 2.05) is 27.7 Å². The van der Waals surface area contributed by atoms with E-state index >= 15 is 0 Å². The van der Waals surface area contributed by atoms with E-state index in [1.165, 1.54) is 5.57 Å². The molecule has 0 unspecified atom stereocenters. The molecular formula is C11H21N. The predicted molar refractivity (Wildman–Crippen MR) is 58.7 cm³/mol. The highest BCUT2D eigenvalue weighted by molar-refractivity contribution is 5.92. The summed E-state index contributed by atoms with van der Waals surface area (Å²) in [5.74, 6) is 0. The molecule has 0 N–H and O–H groups in total.